The topological polar surface area (TPSA) is 55.0 Å². The number of rotatable bonds is 5. The molecule has 0 spiro atoms. The summed E-state index contributed by atoms with van der Waals surface area (Å²) in [5.41, 5.74) is 0.779. The SMILES string of the molecule is CCOC(c1nc(CC)cc(=O)[nH]1)C1CCCCC1. The molecule has 1 N–H and O–H groups in total. The Balaban J connectivity index is 2.26. The van der Waals surface area contributed by atoms with Crippen molar-refractivity contribution in [2.24, 2.45) is 5.92 Å². The summed E-state index contributed by atoms with van der Waals surface area (Å²) in [5.74, 6) is 1.21. The number of aromatic amines is 1. The van der Waals surface area contributed by atoms with Gasteiger partial charge in [0.15, 0.2) is 0 Å². The van der Waals surface area contributed by atoms with Gasteiger partial charge in [0.1, 0.15) is 11.9 Å². The molecule has 4 nitrogen and oxygen atoms in total. The van der Waals surface area contributed by atoms with Crippen LogP contribution in [0.2, 0.25) is 0 Å². The highest BCUT2D eigenvalue weighted by atomic mass is 16.5. The van der Waals surface area contributed by atoms with Crippen molar-refractivity contribution in [3.63, 3.8) is 0 Å². The van der Waals surface area contributed by atoms with Crippen molar-refractivity contribution >= 4 is 0 Å². The van der Waals surface area contributed by atoms with Gasteiger partial charge in [0, 0.05) is 18.4 Å². The maximum absolute atomic E-state index is 11.7. The van der Waals surface area contributed by atoms with Crippen LogP contribution in [0, 0.1) is 5.92 Å². The molecule has 1 aromatic rings. The molecule has 1 atom stereocenters. The molecule has 1 aliphatic carbocycles. The van der Waals surface area contributed by atoms with Crippen molar-refractivity contribution in [3.8, 4) is 0 Å². The van der Waals surface area contributed by atoms with Crippen molar-refractivity contribution in [2.75, 3.05) is 6.61 Å². The molecular formula is C15H24N2O2. The van der Waals surface area contributed by atoms with Crippen LogP contribution in [0.5, 0.6) is 0 Å². The third-order valence-electron chi connectivity index (χ3n) is 3.87. The summed E-state index contributed by atoms with van der Waals surface area (Å²) in [5, 5.41) is 0. The second-order valence-corrected chi connectivity index (χ2v) is 5.25. The summed E-state index contributed by atoms with van der Waals surface area (Å²) >= 11 is 0. The van der Waals surface area contributed by atoms with Gasteiger partial charge in [-0.1, -0.05) is 26.2 Å². The van der Waals surface area contributed by atoms with E-state index in [2.05, 4.69) is 9.97 Å². The van der Waals surface area contributed by atoms with Crippen LogP contribution in [-0.4, -0.2) is 16.6 Å². The Hall–Kier alpha value is -1.16. The van der Waals surface area contributed by atoms with E-state index in [-0.39, 0.29) is 11.7 Å². The van der Waals surface area contributed by atoms with E-state index in [0.717, 1.165) is 17.9 Å². The Labute approximate surface area is 114 Å². The first-order chi connectivity index (χ1) is 9.24. The smallest absolute Gasteiger partial charge is 0.251 e. The van der Waals surface area contributed by atoms with Gasteiger partial charge in [-0.2, -0.15) is 0 Å². The van der Waals surface area contributed by atoms with Gasteiger partial charge in [-0.15, -0.1) is 0 Å². The lowest BCUT2D eigenvalue weighted by atomic mass is 9.85. The van der Waals surface area contributed by atoms with Gasteiger partial charge in [0.05, 0.1) is 0 Å². The molecule has 0 saturated heterocycles. The summed E-state index contributed by atoms with van der Waals surface area (Å²) < 4.78 is 5.89. The van der Waals surface area contributed by atoms with Gasteiger partial charge in [-0.05, 0) is 32.1 Å². The van der Waals surface area contributed by atoms with E-state index in [4.69, 9.17) is 4.74 Å². The molecule has 0 radical (unpaired) electrons. The van der Waals surface area contributed by atoms with Crippen LogP contribution in [0.25, 0.3) is 0 Å². The molecule has 0 bridgehead atoms. The average molecular weight is 264 g/mol. The van der Waals surface area contributed by atoms with E-state index >= 15 is 0 Å². The summed E-state index contributed by atoms with van der Waals surface area (Å²) in [4.78, 5) is 19.1. The van der Waals surface area contributed by atoms with Crippen LogP contribution < -0.4 is 5.56 Å². The highest BCUT2D eigenvalue weighted by molar-refractivity contribution is 5.05. The molecule has 1 aliphatic rings. The number of nitrogens with one attached hydrogen (secondary N) is 1. The van der Waals surface area contributed by atoms with Gasteiger partial charge < -0.3 is 9.72 Å². The Morgan fingerprint density at radius 2 is 2.11 bits per heavy atom. The third-order valence-corrected chi connectivity index (χ3v) is 3.87. The normalized spacial score (nSPS) is 18.4. The van der Waals surface area contributed by atoms with E-state index in [1.807, 2.05) is 13.8 Å². The number of hydrogen-bond donors (Lipinski definition) is 1. The second-order valence-electron chi connectivity index (χ2n) is 5.25. The monoisotopic (exact) mass is 264 g/mol. The predicted octanol–water partition coefficient (Wildman–Crippen LogP) is 2.99. The predicted molar refractivity (Wildman–Crippen MR) is 75.2 cm³/mol. The van der Waals surface area contributed by atoms with Gasteiger partial charge in [0.2, 0.25) is 0 Å². The minimum absolute atomic E-state index is 0.0514. The minimum Gasteiger partial charge on any atom is -0.370 e. The molecule has 2 rings (SSSR count). The lowest BCUT2D eigenvalue weighted by Gasteiger charge is -2.29. The number of nitrogens with zero attached hydrogens (tertiary/aromatic N) is 1. The second kappa shape index (κ2) is 6.85. The van der Waals surface area contributed by atoms with Crippen LogP contribution in [0.3, 0.4) is 0 Å². The molecule has 0 amide bonds. The van der Waals surface area contributed by atoms with Gasteiger partial charge in [-0.25, -0.2) is 4.98 Å². The van der Waals surface area contributed by atoms with Crippen molar-refractivity contribution in [2.45, 2.75) is 58.5 Å². The van der Waals surface area contributed by atoms with Crippen LogP contribution in [0.15, 0.2) is 10.9 Å². The lowest BCUT2D eigenvalue weighted by Crippen LogP contribution is -2.24. The summed E-state index contributed by atoms with van der Waals surface area (Å²) in [6, 6.07) is 1.58. The zero-order chi connectivity index (χ0) is 13.7. The van der Waals surface area contributed by atoms with Crippen molar-refractivity contribution in [3.05, 3.63) is 27.9 Å². The number of H-pyrrole nitrogens is 1. The third kappa shape index (κ3) is 3.66. The quantitative estimate of drug-likeness (QED) is 0.889. The molecule has 1 saturated carbocycles. The zero-order valence-corrected chi connectivity index (χ0v) is 11.9. The van der Waals surface area contributed by atoms with E-state index in [9.17, 15) is 4.79 Å². The molecule has 1 aromatic heterocycles. The van der Waals surface area contributed by atoms with Crippen molar-refractivity contribution in [1.82, 2.24) is 9.97 Å². The van der Waals surface area contributed by atoms with E-state index in [1.54, 1.807) is 6.07 Å². The van der Waals surface area contributed by atoms with Crippen molar-refractivity contribution < 1.29 is 4.74 Å². The first kappa shape index (κ1) is 14.3. The van der Waals surface area contributed by atoms with Gasteiger partial charge >= 0.3 is 0 Å². The van der Waals surface area contributed by atoms with Gasteiger partial charge in [-0.3, -0.25) is 4.79 Å². The number of aryl methyl sites for hydroxylation is 1. The molecule has 1 heterocycles. The highest BCUT2D eigenvalue weighted by Gasteiger charge is 2.27. The fourth-order valence-corrected chi connectivity index (χ4v) is 2.90. The fraction of sp³-hybridized carbons (Fsp3) is 0.733. The van der Waals surface area contributed by atoms with E-state index < -0.39 is 0 Å². The summed E-state index contributed by atoms with van der Waals surface area (Å²) in [6.07, 6.45) is 6.90. The fourth-order valence-electron chi connectivity index (χ4n) is 2.90. The first-order valence-corrected chi connectivity index (χ1v) is 7.46. The largest absolute Gasteiger partial charge is 0.370 e. The van der Waals surface area contributed by atoms with Crippen LogP contribution >= 0.6 is 0 Å². The highest BCUT2D eigenvalue weighted by Crippen LogP contribution is 2.35. The van der Waals surface area contributed by atoms with Crippen LogP contribution in [0.4, 0.5) is 0 Å². The van der Waals surface area contributed by atoms with Crippen molar-refractivity contribution in [1.29, 1.82) is 0 Å². The standard InChI is InChI=1S/C15H24N2O2/c1-3-12-10-13(18)17-15(16-12)14(19-4-2)11-8-6-5-7-9-11/h10-11,14H,3-9H2,1-2H3,(H,16,17,18). The van der Waals surface area contributed by atoms with Crippen LogP contribution in [0.1, 0.15) is 63.6 Å². The Morgan fingerprint density at radius 1 is 1.37 bits per heavy atom. The molecule has 1 unspecified atom stereocenters. The molecule has 1 fully saturated rings. The lowest BCUT2D eigenvalue weighted by molar-refractivity contribution is -0.000468. The number of hydrogen-bond acceptors (Lipinski definition) is 3. The molecular weight excluding hydrogens is 240 g/mol. The molecule has 19 heavy (non-hydrogen) atoms. The zero-order valence-electron chi connectivity index (χ0n) is 11.9. The summed E-state index contributed by atoms with van der Waals surface area (Å²) in [6.45, 7) is 4.67. The van der Waals surface area contributed by atoms with E-state index in [1.165, 1.54) is 32.1 Å². The Morgan fingerprint density at radius 3 is 2.74 bits per heavy atom. The maximum atomic E-state index is 11.7. The van der Waals surface area contributed by atoms with Gasteiger partial charge in [0.25, 0.3) is 5.56 Å². The Bertz CT molecular complexity index is 450. The maximum Gasteiger partial charge on any atom is 0.251 e. The first-order valence-electron chi connectivity index (χ1n) is 7.46. The molecule has 0 aliphatic heterocycles. The van der Waals surface area contributed by atoms with Crippen LogP contribution in [-0.2, 0) is 11.2 Å². The Kier molecular flexibility index (Phi) is 5.14. The molecule has 0 aromatic carbocycles. The number of aromatic nitrogens is 2. The minimum atomic E-state index is -0.0673. The van der Waals surface area contributed by atoms with E-state index in [0.29, 0.717) is 12.5 Å². The molecule has 4 heteroatoms. The molecule has 106 valence electrons. The summed E-state index contributed by atoms with van der Waals surface area (Å²) in [7, 11) is 0. The average Bonchev–Trinajstić information content (AvgIpc) is 2.45. The number of ether oxygens (including phenoxy) is 1.